The van der Waals surface area contributed by atoms with Gasteiger partial charge < -0.3 is 10.2 Å². The fourth-order valence-corrected chi connectivity index (χ4v) is 1.70. The molecular weight excluding hydrogens is 224 g/mol. The number of phenols is 2. The predicted octanol–water partition coefficient (Wildman–Crippen LogP) is 3.44. The van der Waals surface area contributed by atoms with Crippen molar-refractivity contribution in [2.75, 3.05) is 0 Å². The summed E-state index contributed by atoms with van der Waals surface area (Å²) in [6.45, 7) is 0. The van der Waals surface area contributed by atoms with E-state index in [1.165, 1.54) is 11.1 Å². The summed E-state index contributed by atoms with van der Waals surface area (Å²) in [5.41, 5.74) is 2.35. The van der Waals surface area contributed by atoms with Crippen molar-refractivity contribution in [3.05, 3.63) is 71.8 Å². The van der Waals surface area contributed by atoms with Crippen LogP contribution in [0.3, 0.4) is 0 Å². The fraction of sp³-hybridized carbons (Fsp3) is 0.125. The maximum Gasteiger partial charge on any atom is 0.115 e. The van der Waals surface area contributed by atoms with E-state index >= 15 is 0 Å². The molecule has 92 valence electrons. The van der Waals surface area contributed by atoms with Crippen molar-refractivity contribution in [1.29, 1.82) is 0 Å². The van der Waals surface area contributed by atoms with Crippen LogP contribution in [0.25, 0.3) is 0 Å². The number of allylic oxidation sites excluding steroid dienone is 2. The van der Waals surface area contributed by atoms with Gasteiger partial charge in [-0.15, -0.1) is 0 Å². The SMILES string of the molecule is Oc1ccc(CC=CCc2ccc(O)cc2)cc1. The second-order valence-corrected chi connectivity index (χ2v) is 4.21. The van der Waals surface area contributed by atoms with Crippen LogP contribution in [0.4, 0.5) is 0 Å². The topological polar surface area (TPSA) is 40.5 Å². The molecule has 0 atom stereocenters. The number of phenolic OH excluding ortho intramolecular Hbond substituents is 2. The van der Waals surface area contributed by atoms with Crippen molar-refractivity contribution in [1.82, 2.24) is 0 Å². The molecule has 0 unspecified atom stereocenters. The Balaban J connectivity index is 1.85. The van der Waals surface area contributed by atoms with Gasteiger partial charge in [-0.05, 0) is 48.2 Å². The molecule has 0 saturated heterocycles. The van der Waals surface area contributed by atoms with Crippen LogP contribution >= 0.6 is 0 Å². The minimum absolute atomic E-state index is 0.298. The summed E-state index contributed by atoms with van der Waals surface area (Å²) < 4.78 is 0. The Morgan fingerprint density at radius 3 is 1.28 bits per heavy atom. The Morgan fingerprint density at radius 2 is 0.944 bits per heavy atom. The van der Waals surface area contributed by atoms with E-state index in [1.54, 1.807) is 24.3 Å². The summed E-state index contributed by atoms with van der Waals surface area (Å²) in [5.74, 6) is 0.596. The molecule has 0 fully saturated rings. The predicted molar refractivity (Wildman–Crippen MR) is 72.8 cm³/mol. The van der Waals surface area contributed by atoms with Crippen LogP contribution in [0.1, 0.15) is 11.1 Å². The highest BCUT2D eigenvalue weighted by Gasteiger charge is 1.92. The van der Waals surface area contributed by atoms with Crippen molar-refractivity contribution < 1.29 is 10.2 Å². The highest BCUT2D eigenvalue weighted by Crippen LogP contribution is 2.12. The molecule has 0 aliphatic heterocycles. The molecule has 0 saturated carbocycles. The van der Waals surface area contributed by atoms with E-state index < -0.39 is 0 Å². The zero-order valence-electron chi connectivity index (χ0n) is 10.1. The van der Waals surface area contributed by atoms with Crippen molar-refractivity contribution >= 4 is 0 Å². The molecule has 2 nitrogen and oxygen atoms in total. The maximum absolute atomic E-state index is 9.16. The second kappa shape index (κ2) is 5.92. The highest BCUT2D eigenvalue weighted by atomic mass is 16.3. The van der Waals surface area contributed by atoms with Gasteiger partial charge in [-0.3, -0.25) is 0 Å². The third-order valence-corrected chi connectivity index (χ3v) is 2.75. The number of aromatic hydroxyl groups is 2. The molecule has 0 spiro atoms. The minimum atomic E-state index is 0.298. The molecule has 2 heteroatoms. The van der Waals surface area contributed by atoms with Crippen LogP contribution in [-0.4, -0.2) is 10.2 Å². The zero-order chi connectivity index (χ0) is 12.8. The normalized spacial score (nSPS) is 10.9. The van der Waals surface area contributed by atoms with E-state index in [4.69, 9.17) is 10.2 Å². The lowest BCUT2D eigenvalue weighted by Crippen LogP contribution is -1.82. The molecule has 0 aliphatic rings. The van der Waals surface area contributed by atoms with Gasteiger partial charge in [-0.2, -0.15) is 0 Å². The van der Waals surface area contributed by atoms with E-state index in [-0.39, 0.29) is 0 Å². The average Bonchev–Trinajstić information content (AvgIpc) is 2.39. The van der Waals surface area contributed by atoms with Gasteiger partial charge in [0.05, 0.1) is 0 Å². The number of hydrogen-bond acceptors (Lipinski definition) is 2. The van der Waals surface area contributed by atoms with Crippen LogP contribution in [0, 0.1) is 0 Å². The molecule has 0 amide bonds. The van der Waals surface area contributed by atoms with E-state index in [2.05, 4.69) is 12.2 Å². The second-order valence-electron chi connectivity index (χ2n) is 4.21. The van der Waals surface area contributed by atoms with E-state index in [0.717, 1.165) is 12.8 Å². The molecule has 2 aromatic rings. The molecule has 0 aromatic heterocycles. The first-order chi connectivity index (χ1) is 8.74. The Hall–Kier alpha value is -2.22. The van der Waals surface area contributed by atoms with Gasteiger partial charge in [-0.25, -0.2) is 0 Å². The van der Waals surface area contributed by atoms with E-state index in [0.29, 0.717) is 11.5 Å². The summed E-state index contributed by atoms with van der Waals surface area (Å²) >= 11 is 0. The largest absolute Gasteiger partial charge is 0.508 e. The third kappa shape index (κ3) is 3.67. The average molecular weight is 240 g/mol. The van der Waals surface area contributed by atoms with Gasteiger partial charge in [0.1, 0.15) is 11.5 Å². The number of benzene rings is 2. The molecule has 18 heavy (non-hydrogen) atoms. The summed E-state index contributed by atoms with van der Waals surface area (Å²) in [6, 6.07) is 14.5. The van der Waals surface area contributed by atoms with E-state index in [1.807, 2.05) is 24.3 Å². The molecule has 0 aliphatic carbocycles. The Labute approximate surface area is 107 Å². The smallest absolute Gasteiger partial charge is 0.115 e. The van der Waals surface area contributed by atoms with Gasteiger partial charge in [0, 0.05) is 0 Å². The van der Waals surface area contributed by atoms with Crippen molar-refractivity contribution in [3.8, 4) is 11.5 Å². The Morgan fingerprint density at radius 1 is 0.611 bits per heavy atom. The standard InChI is InChI=1S/C16H16O2/c17-15-9-5-13(6-10-15)3-1-2-4-14-7-11-16(18)12-8-14/h1-2,5-12,17-18H,3-4H2. The fourth-order valence-electron chi connectivity index (χ4n) is 1.70. The quantitative estimate of drug-likeness (QED) is 0.804. The van der Waals surface area contributed by atoms with Crippen molar-refractivity contribution in [3.63, 3.8) is 0 Å². The first kappa shape index (κ1) is 12.2. The van der Waals surface area contributed by atoms with Gasteiger partial charge in [0.2, 0.25) is 0 Å². The molecular formula is C16H16O2. The van der Waals surface area contributed by atoms with E-state index in [9.17, 15) is 0 Å². The van der Waals surface area contributed by atoms with Crippen LogP contribution in [0.5, 0.6) is 11.5 Å². The lowest BCUT2D eigenvalue weighted by molar-refractivity contribution is 0.474. The van der Waals surface area contributed by atoms with Gasteiger partial charge in [0.25, 0.3) is 0 Å². The first-order valence-corrected chi connectivity index (χ1v) is 5.95. The molecule has 0 radical (unpaired) electrons. The summed E-state index contributed by atoms with van der Waals surface area (Å²) in [5, 5.41) is 18.3. The third-order valence-electron chi connectivity index (χ3n) is 2.75. The van der Waals surface area contributed by atoms with Crippen molar-refractivity contribution in [2.45, 2.75) is 12.8 Å². The maximum atomic E-state index is 9.16. The van der Waals surface area contributed by atoms with Gasteiger partial charge >= 0.3 is 0 Å². The monoisotopic (exact) mass is 240 g/mol. The molecule has 2 rings (SSSR count). The van der Waals surface area contributed by atoms with Gasteiger partial charge in [-0.1, -0.05) is 36.4 Å². The van der Waals surface area contributed by atoms with Gasteiger partial charge in [0.15, 0.2) is 0 Å². The Kier molecular flexibility index (Phi) is 4.02. The molecule has 0 heterocycles. The van der Waals surface area contributed by atoms with Crippen LogP contribution in [0.15, 0.2) is 60.7 Å². The summed E-state index contributed by atoms with van der Waals surface area (Å²) in [4.78, 5) is 0. The van der Waals surface area contributed by atoms with Crippen molar-refractivity contribution in [2.24, 2.45) is 0 Å². The number of rotatable bonds is 4. The highest BCUT2D eigenvalue weighted by molar-refractivity contribution is 5.29. The lowest BCUT2D eigenvalue weighted by atomic mass is 10.1. The van der Waals surface area contributed by atoms with Crippen LogP contribution < -0.4 is 0 Å². The summed E-state index contributed by atoms with van der Waals surface area (Å²) in [7, 11) is 0. The van der Waals surface area contributed by atoms with Crippen LogP contribution in [0.2, 0.25) is 0 Å². The first-order valence-electron chi connectivity index (χ1n) is 5.95. The molecule has 2 N–H and O–H groups in total. The molecule has 2 aromatic carbocycles. The molecule has 0 bridgehead atoms. The lowest BCUT2D eigenvalue weighted by Gasteiger charge is -1.98. The minimum Gasteiger partial charge on any atom is -0.508 e. The number of hydrogen-bond donors (Lipinski definition) is 2. The zero-order valence-corrected chi connectivity index (χ0v) is 10.1. The summed E-state index contributed by atoms with van der Waals surface area (Å²) in [6.07, 6.45) is 5.94. The van der Waals surface area contributed by atoms with Crippen LogP contribution in [-0.2, 0) is 12.8 Å². The Bertz CT molecular complexity index is 460.